The van der Waals surface area contributed by atoms with Crippen LogP contribution in [0.2, 0.25) is 0 Å². The van der Waals surface area contributed by atoms with E-state index in [1.165, 1.54) is 0 Å². The topological polar surface area (TPSA) is 41.1 Å². The van der Waals surface area contributed by atoms with Gasteiger partial charge in [-0.15, -0.1) is 0 Å². The van der Waals surface area contributed by atoms with Gasteiger partial charge in [0.1, 0.15) is 5.82 Å². The first-order valence-electron chi connectivity index (χ1n) is 5.37. The number of nitrogens with one attached hydrogen (secondary N) is 1. The molecule has 1 aromatic heterocycles. The van der Waals surface area contributed by atoms with Crippen molar-refractivity contribution in [1.29, 1.82) is 0 Å². The molecule has 4 heteroatoms. The first kappa shape index (κ1) is 11.9. The van der Waals surface area contributed by atoms with Crippen LogP contribution in [0, 0.1) is 0 Å². The van der Waals surface area contributed by atoms with Crippen molar-refractivity contribution >= 4 is 5.82 Å². The quantitative estimate of drug-likeness (QED) is 0.794. The molecular weight excluding hydrogens is 188 g/mol. The van der Waals surface area contributed by atoms with Gasteiger partial charge in [0.25, 0.3) is 0 Å². The summed E-state index contributed by atoms with van der Waals surface area (Å²) in [6.45, 7) is 5.12. The first-order valence-corrected chi connectivity index (χ1v) is 5.37. The Hall–Kier alpha value is -1.16. The summed E-state index contributed by atoms with van der Waals surface area (Å²) in [6.07, 6.45) is 4.76. The minimum absolute atomic E-state index is 0.495. The molecule has 1 rings (SSSR count). The Morgan fingerprint density at radius 1 is 1.40 bits per heavy atom. The van der Waals surface area contributed by atoms with Crippen molar-refractivity contribution in [2.45, 2.75) is 32.9 Å². The van der Waals surface area contributed by atoms with Gasteiger partial charge >= 0.3 is 0 Å². The highest BCUT2D eigenvalue weighted by Gasteiger charge is 2.08. The smallest absolute Gasteiger partial charge is 0.147 e. The normalized spacial score (nSPS) is 12.5. The maximum Gasteiger partial charge on any atom is 0.147 e. The molecule has 0 aromatic carbocycles. The van der Waals surface area contributed by atoms with E-state index in [1.807, 2.05) is 19.4 Å². The molecular formula is C11H20N4. The van der Waals surface area contributed by atoms with Gasteiger partial charge in [0, 0.05) is 19.6 Å². The van der Waals surface area contributed by atoms with Gasteiger partial charge in [-0.3, -0.25) is 4.98 Å². The molecule has 4 nitrogen and oxygen atoms in total. The number of aromatic nitrogens is 2. The summed E-state index contributed by atoms with van der Waals surface area (Å²) >= 11 is 0. The van der Waals surface area contributed by atoms with E-state index in [2.05, 4.69) is 41.1 Å². The minimum atomic E-state index is 0.495. The third-order valence-corrected chi connectivity index (χ3v) is 2.66. The molecule has 0 saturated heterocycles. The summed E-state index contributed by atoms with van der Waals surface area (Å²) in [5.41, 5.74) is 0.971. The molecule has 0 saturated carbocycles. The van der Waals surface area contributed by atoms with Crippen molar-refractivity contribution in [2.24, 2.45) is 0 Å². The molecule has 0 amide bonds. The third kappa shape index (κ3) is 3.16. The molecule has 0 fully saturated rings. The van der Waals surface area contributed by atoms with Gasteiger partial charge in [0.15, 0.2) is 0 Å². The molecule has 1 N–H and O–H groups in total. The van der Waals surface area contributed by atoms with Crippen molar-refractivity contribution < 1.29 is 0 Å². The number of hydrogen-bond acceptors (Lipinski definition) is 4. The second-order valence-electron chi connectivity index (χ2n) is 3.76. The van der Waals surface area contributed by atoms with E-state index in [0.717, 1.165) is 24.5 Å². The van der Waals surface area contributed by atoms with E-state index >= 15 is 0 Å². The van der Waals surface area contributed by atoms with Crippen molar-refractivity contribution in [2.75, 3.05) is 19.0 Å². The first-order chi connectivity index (χ1) is 7.19. The lowest BCUT2D eigenvalue weighted by Gasteiger charge is -2.24. The lowest BCUT2D eigenvalue weighted by molar-refractivity contribution is 0.654. The molecule has 1 aromatic rings. The fraction of sp³-hybridized carbons (Fsp3) is 0.636. The van der Waals surface area contributed by atoms with Gasteiger partial charge in [0.05, 0.1) is 18.1 Å². The van der Waals surface area contributed by atoms with Crippen LogP contribution in [0.3, 0.4) is 0 Å². The van der Waals surface area contributed by atoms with E-state index in [4.69, 9.17) is 0 Å². The van der Waals surface area contributed by atoms with Crippen LogP contribution in [0.1, 0.15) is 26.0 Å². The van der Waals surface area contributed by atoms with Crippen molar-refractivity contribution in [3.8, 4) is 0 Å². The zero-order valence-corrected chi connectivity index (χ0v) is 9.99. The van der Waals surface area contributed by atoms with E-state index in [0.29, 0.717) is 6.04 Å². The highest BCUT2D eigenvalue weighted by molar-refractivity contribution is 5.35. The van der Waals surface area contributed by atoms with Crippen LogP contribution in [-0.4, -0.2) is 30.1 Å². The Balaban J connectivity index is 2.70. The van der Waals surface area contributed by atoms with E-state index < -0.39 is 0 Å². The molecule has 0 aliphatic heterocycles. The highest BCUT2D eigenvalue weighted by Crippen LogP contribution is 2.11. The van der Waals surface area contributed by atoms with Gasteiger partial charge < -0.3 is 10.2 Å². The Kier molecular flexibility index (Phi) is 4.49. The van der Waals surface area contributed by atoms with Crippen molar-refractivity contribution in [3.63, 3.8) is 0 Å². The third-order valence-electron chi connectivity index (χ3n) is 2.66. The van der Waals surface area contributed by atoms with Crippen LogP contribution in [0.15, 0.2) is 12.4 Å². The second-order valence-corrected chi connectivity index (χ2v) is 3.76. The number of rotatable bonds is 5. The molecule has 0 spiro atoms. The summed E-state index contributed by atoms with van der Waals surface area (Å²) in [6, 6.07) is 0.495. The van der Waals surface area contributed by atoms with Gasteiger partial charge in [-0.1, -0.05) is 6.92 Å². The number of hydrogen-bond donors (Lipinski definition) is 1. The fourth-order valence-corrected chi connectivity index (χ4v) is 1.30. The lowest BCUT2D eigenvalue weighted by atomic mass is 10.2. The van der Waals surface area contributed by atoms with E-state index in [1.54, 1.807) is 0 Å². The van der Waals surface area contributed by atoms with Crippen LogP contribution < -0.4 is 10.2 Å². The summed E-state index contributed by atoms with van der Waals surface area (Å²) in [5.74, 6) is 0.934. The van der Waals surface area contributed by atoms with Crippen LogP contribution in [0.25, 0.3) is 0 Å². The molecule has 0 aliphatic carbocycles. The zero-order chi connectivity index (χ0) is 11.3. The van der Waals surface area contributed by atoms with Crippen LogP contribution in [-0.2, 0) is 6.54 Å². The van der Waals surface area contributed by atoms with Gasteiger partial charge in [-0.05, 0) is 20.4 Å². The van der Waals surface area contributed by atoms with Crippen molar-refractivity contribution in [3.05, 3.63) is 18.1 Å². The molecule has 1 atom stereocenters. The van der Waals surface area contributed by atoms with E-state index in [9.17, 15) is 0 Å². The van der Waals surface area contributed by atoms with Crippen LogP contribution >= 0.6 is 0 Å². The SMILES string of the molecule is CCC(C)N(C)c1cnc(CNC)cn1. The predicted octanol–water partition coefficient (Wildman–Crippen LogP) is 1.43. The Labute approximate surface area is 91.7 Å². The molecule has 1 heterocycles. The zero-order valence-electron chi connectivity index (χ0n) is 9.99. The lowest BCUT2D eigenvalue weighted by Crippen LogP contribution is -2.29. The largest absolute Gasteiger partial charge is 0.356 e. The fourth-order valence-electron chi connectivity index (χ4n) is 1.30. The Morgan fingerprint density at radius 3 is 2.60 bits per heavy atom. The molecule has 0 bridgehead atoms. The monoisotopic (exact) mass is 208 g/mol. The van der Waals surface area contributed by atoms with E-state index in [-0.39, 0.29) is 0 Å². The molecule has 1 unspecified atom stereocenters. The molecule has 84 valence electrons. The summed E-state index contributed by atoms with van der Waals surface area (Å²) in [7, 11) is 3.96. The van der Waals surface area contributed by atoms with Crippen LogP contribution in [0.4, 0.5) is 5.82 Å². The average molecular weight is 208 g/mol. The van der Waals surface area contributed by atoms with Gasteiger partial charge in [0.2, 0.25) is 0 Å². The molecule has 0 aliphatic rings. The molecule has 0 radical (unpaired) electrons. The highest BCUT2D eigenvalue weighted by atomic mass is 15.2. The number of anilines is 1. The Bertz CT molecular complexity index is 283. The van der Waals surface area contributed by atoms with Crippen molar-refractivity contribution in [1.82, 2.24) is 15.3 Å². The van der Waals surface area contributed by atoms with Gasteiger partial charge in [-0.2, -0.15) is 0 Å². The summed E-state index contributed by atoms with van der Waals surface area (Å²) < 4.78 is 0. The predicted molar refractivity (Wildman–Crippen MR) is 63.0 cm³/mol. The average Bonchev–Trinajstić information content (AvgIpc) is 2.28. The maximum atomic E-state index is 4.39. The second kappa shape index (κ2) is 5.66. The van der Waals surface area contributed by atoms with Gasteiger partial charge in [-0.25, -0.2) is 4.98 Å². The minimum Gasteiger partial charge on any atom is -0.356 e. The summed E-state index contributed by atoms with van der Waals surface area (Å²) in [4.78, 5) is 10.9. The molecule has 15 heavy (non-hydrogen) atoms. The summed E-state index contributed by atoms with van der Waals surface area (Å²) in [5, 5.41) is 3.05. The Morgan fingerprint density at radius 2 is 2.13 bits per heavy atom. The standard InChI is InChI=1S/C11H20N4/c1-5-9(2)15(4)11-8-13-10(6-12-3)7-14-11/h7-9,12H,5-6H2,1-4H3. The van der Waals surface area contributed by atoms with Crippen LogP contribution in [0.5, 0.6) is 0 Å². The maximum absolute atomic E-state index is 4.39. The number of nitrogens with zero attached hydrogens (tertiary/aromatic N) is 3.